The van der Waals surface area contributed by atoms with Crippen LogP contribution in [-0.2, 0) is 7.05 Å². The monoisotopic (exact) mass is 472 g/mol. The number of nitrogen functional groups attached to an aromatic ring is 1. The number of hydrogen-bond donors (Lipinski definition) is 2. The summed E-state index contributed by atoms with van der Waals surface area (Å²) in [5.74, 6) is -0.462. The lowest BCUT2D eigenvalue weighted by molar-refractivity contribution is 0.102. The Morgan fingerprint density at radius 1 is 1.36 bits per heavy atom. The molecule has 174 valence electrons. The molecule has 0 saturated carbocycles. The molecule has 1 aliphatic rings. The van der Waals surface area contributed by atoms with Gasteiger partial charge in [-0.2, -0.15) is 5.10 Å². The van der Waals surface area contributed by atoms with E-state index in [4.69, 9.17) is 5.73 Å². The van der Waals surface area contributed by atoms with Crippen LogP contribution in [0.1, 0.15) is 28.9 Å². The zero-order valence-electron chi connectivity index (χ0n) is 18.5. The molecule has 0 spiro atoms. The fourth-order valence-electron chi connectivity index (χ4n) is 4.06. The van der Waals surface area contributed by atoms with Crippen LogP contribution in [0.3, 0.4) is 0 Å². The average Bonchev–Trinajstić information content (AvgIpc) is 3.28. The smallest absolute Gasteiger partial charge is 0.277 e. The van der Waals surface area contributed by atoms with Crippen LogP contribution in [-0.4, -0.2) is 39.9 Å². The molecule has 1 amide bonds. The van der Waals surface area contributed by atoms with Crippen molar-refractivity contribution >= 4 is 33.8 Å². The SMILES string of the molecule is C=CC1CCN(c2c(NC(=O)c3nc(-c4cc(C)ccc4F)sc3N)cnn2C)CC[C@H]1F. The highest BCUT2D eigenvalue weighted by Crippen LogP contribution is 2.34. The number of amides is 1. The number of thiazole rings is 1. The summed E-state index contributed by atoms with van der Waals surface area (Å²) < 4.78 is 30.3. The molecule has 3 heterocycles. The first-order valence-electron chi connectivity index (χ1n) is 10.7. The lowest BCUT2D eigenvalue weighted by Crippen LogP contribution is -2.28. The first kappa shape index (κ1) is 22.9. The van der Waals surface area contributed by atoms with E-state index in [1.54, 1.807) is 36.1 Å². The molecule has 3 N–H and O–H groups in total. The van der Waals surface area contributed by atoms with E-state index >= 15 is 0 Å². The van der Waals surface area contributed by atoms with Crippen LogP contribution in [0, 0.1) is 18.7 Å². The van der Waals surface area contributed by atoms with E-state index in [2.05, 4.69) is 22.0 Å². The van der Waals surface area contributed by atoms with Gasteiger partial charge < -0.3 is 16.0 Å². The molecule has 10 heteroatoms. The van der Waals surface area contributed by atoms with Gasteiger partial charge >= 0.3 is 0 Å². The lowest BCUT2D eigenvalue weighted by Gasteiger charge is -2.24. The molecule has 1 fully saturated rings. The van der Waals surface area contributed by atoms with E-state index in [0.717, 1.165) is 16.9 Å². The second kappa shape index (κ2) is 9.30. The van der Waals surface area contributed by atoms with Gasteiger partial charge in [0.1, 0.15) is 27.7 Å². The molecule has 0 bridgehead atoms. The van der Waals surface area contributed by atoms with Gasteiger partial charge in [0, 0.05) is 31.6 Å². The molecule has 2 aromatic heterocycles. The van der Waals surface area contributed by atoms with E-state index < -0.39 is 17.9 Å². The van der Waals surface area contributed by atoms with Crippen LogP contribution >= 0.6 is 11.3 Å². The minimum Gasteiger partial charge on any atom is -0.389 e. The molecule has 1 unspecified atom stereocenters. The second-order valence-corrected chi connectivity index (χ2v) is 9.19. The third-order valence-corrected chi connectivity index (χ3v) is 6.77. The van der Waals surface area contributed by atoms with E-state index in [9.17, 15) is 13.6 Å². The Labute approximate surface area is 194 Å². The molecule has 7 nitrogen and oxygen atoms in total. The normalized spacial score (nSPS) is 18.7. The fourth-order valence-corrected chi connectivity index (χ4v) is 4.90. The maximum atomic E-state index is 14.4. The van der Waals surface area contributed by atoms with E-state index in [-0.39, 0.29) is 16.6 Å². The Morgan fingerprint density at radius 2 is 2.12 bits per heavy atom. The van der Waals surface area contributed by atoms with Crippen LogP contribution in [0.5, 0.6) is 0 Å². The standard InChI is InChI=1S/C23H26F2N6OS/c1-4-14-7-9-31(10-8-16(14)24)23-18(12-27-30(23)3)28-21(32)19-20(26)33-22(29-19)15-11-13(2)5-6-17(15)25/h4-6,11-12,14,16H,1,7-10,26H2,2-3H3,(H,28,32)/t14?,16-/m1/s1. The third kappa shape index (κ3) is 4.61. The van der Waals surface area contributed by atoms with Gasteiger partial charge in [0.25, 0.3) is 5.91 Å². The number of rotatable bonds is 5. The Morgan fingerprint density at radius 3 is 2.88 bits per heavy atom. The second-order valence-electron chi connectivity index (χ2n) is 8.15. The summed E-state index contributed by atoms with van der Waals surface area (Å²) >= 11 is 1.06. The van der Waals surface area contributed by atoms with Gasteiger partial charge in [0.05, 0.1) is 6.20 Å². The number of nitrogens with zero attached hydrogens (tertiary/aromatic N) is 4. The van der Waals surface area contributed by atoms with Gasteiger partial charge in [-0.1, -0.05) is 29.0 Å². The number of carbonyl (C=O) groups is 1. The molecule has 0 aliphatic carbocycles. The number of alkyl halides is 1. The Hall–Kier alpha value is -3.27. The van der Waals surface area contributed by atoms with Crippen molar-refractivity contribution in [3.63, 3.8) is 0 Å². The molecule has 1 aromatic carbocycles. The summed E-state index contributed by atoms with van der Waals surface area (Å²) in [7, 11) is 1.77. The van der Waals surface area contributed by atoms with Crippen molar-refractivity contribution in [2.45, 2.75) is 25.9 Å². The summed E-state index contributed by atoms with van der Waals surface area (Å²) in [4.78, 5) is 19.3. The van der Waals surface area contributed by atoms with Gasteiger partial charge in [0.2, 0.25) is 0 Å². The van der Waals surface area contributed by atoms with Gasteiger partial charge in [-0.15, -0.1) is 6.58 Å². The van der Waals surface area contributed by atoms with Crippen LogP contribution in [0.25, 0.3) is 10.6 Å². The molecular weight excluding hydrogens is 446 g/mol. The number of anilines is 3. The van der Waals surface area contributed by atoms with Crippen molar-refractivity contribution in [1.82, 2.24) is 14.8 Å². The van der Waals surface area contributed by atoms with Gasteiger partial charge in [0.15, 0.2) is 11.5 Å². The van der Waals surface area contributed by atoms with E-state index in [1.165, 1.54) is 6.07 Å². The average molecular weight is 473 g/mol. The Kier molecular flexibility index (Phi) is 6.46. The quantitative estimate of drug-likeness (QED) is 0.531. The molecule has 33 heavy (non-hydrogen) atoms. The first-order valence-corrected chi connectivity index (χ1v) is 11.5. The van der Waals surface area contributed by atoms with Crippen molar-refractivity contribution in [3.05, 3.63) is 54.1 Å². The van der Waals surface area contributed by atoms with Crippen LogP contribution in [0.4, 0.5) is 25.3 Å². The summed E-state index contributed by atoms with van der Waals surface area (Å²) in [6, 6.07) is 4.70. The summed E-state index contributed by atoms with van der Waals surface area (Å²) in [6.45, 7) is 6.69. The fraction of sp³-hybridized carbons (Fsp3) is 0.348. The highest BCUT2D eigenvalue weighted by Gasteiger charge is 2.28. The van der Waals surface area contributed by atoms with E-state index in [1.807, 2.05) is 11.8 Å². The number of halogens is 2. The number of nitrogens with two attached hydrogens (primary N) is 1. The molecule has 2 atom stereocenters. The van der Waals surface area contributed by atoms with Gasteiger partial charge in [-0.05, 0) is 31.9 Å². The van der Waals surface area contributed by atoms with Crippen molar-refractivity contribution in [2.75, 3.05) is 29.0 Å². The van der Waals surface area contributed by atoms with Crippen LogP contribution < -0.4 is 16.0 Å². The Balaban J connectivity index is 1.58. The zero-order chi connectivity index (χ0) is 23.7. The van der Waals surface area contributed by atoms with Crippen molar-refractivity contribution in [3.8, 4) is 10.6 Å². The molecule has 0 radical (unpaired) electrons. The maximum absolute atomic E-state index is 14.4. The number of allylic oxidation sites excluding steroid dienone is 1. The number of aromatic nitrogens is 3. The highest BCUT2D eigenvalue weighted by atomic mass is 32.1. The van der Waals surface area contributed by atoms with Gasteiger partial charge in [-0.25, -0.2) is 13.8 Å². The molecule has 1 aliphatic heterocycles. The molecule has 1 saturated heterocycles. The van der Waals surface area contributed by atoms with Crippen molar-refractivity contribution in [2.24, 2.45) is 13.0 Å². The minimum atomic E-state index is -0.950. The lowest BCUT2D eigenvalue weighted by atomic mass is 9.99. The predicted molar refractivity (Wildman–Crippen MR) is 128 cm³/mol. The molecule has 3 aromatic rings. The van der Waals surface area contributed by atoms with Crippen LogP contribution in [0.2, 0.25) is 0 Å². The highest BCUT2D eigenvalue weighted by molar-refractivity contribution is 7.19. The summed E-state index contributed by atoms with van der Waals surface area (Å²) in [6.07, 6.45) is 3.24. The zero-order valence-corrected chi connectivity index (χ0v) is 19.3. The van der Waals surface area contributed by atoms with Crippen molar-refractivity contribution < 1.29 is 13.6 Å². The van der Waals surface area contributed by atoms with E-state index in [0.29, 0.717) is 48.0 Å². The number of carbonyl (C=O) groups excluding carboxylic acids is 1. The summed E-state index contributed by atoms with van der Waals surface area (Å²) in [5.41, 5.74) is 7.74. The first-order chi connectivity index (χ1) is 15.8. The largest absolute Gasteiger partial charge is 0.389 e. The van der Waals surface area contributed by atoms with Gasteiger partial charge in [-0.3, -0.25) is 9.48 Å². The number of nitrogens with one attached hydrogen (secondary N) is 1. The number of aryl methyl sites for hydroxylation is 2. The predicted octanol–water partition coefficient (Wildman–Crippen LogP) is 4.57. The summed E-state index contributed by atoms with van der Waals surface area (Å²) in [5, 5.41) is 7.63. The maximum Gasteiger partial charge on any atom is 0.277 e. The van der Waals surface area contributed by atoms with Crippen molar-refractivity contribution in [1.29, 1.82) is 0 Å². The topological polar surface area (TPSA) is 89.1 Å². The number of benzene rings is 1. The Bertz CT molecular complexity index is 1190. The van der Waals surface area contributed by atoms with Crippen LogP contribution in [0.15, 0.2) is 37.1 Å². The molecule has 4 rings (SSSR count). The third-order valence-electron chi connectivity index (χ3n) is 5.85. The minimum absolute atomic E-state index is 0.0251. The molecular formula is C23H26F2N6OS. The number of hydrogen-bond acceptors (Lipinski definition) is 6.